The second-order valence-corrected chi connectivity index (χ2v) is 9.34. The van der Waals surface area contributed by atoms with Crippen molar-refractivity contribution in [2.75, 3.05) is 67.6 Å². The van der Waals surface area contributed by atoms with Gasteiger partial charge in [-0.15, -0.1) is 0 Å². The van der Waals surface area contributed by atoms with E-state index in [1.54, 1.807) is 18.0 Å². The minimum Gasteiger partial charge on any atom is -0.367 e. The lowest BCUT2D eigenvalue weighted by Gasteiger charge is -2.44. The maximum atomic E-state index is 14.0. The molecule has 7 nitrogen and oxygen atoms in total. The van der Waals surface area contributed by atoms with Crippen molar-refractivity contribution in [3.63, 3.8) is 0 Å². The number of fused-ring (bicyclic) bond motifs is 3. The highest BCUT2D eigenvalue weighted by Crippen LogP contribution is 2.39. The molecule has 1 atom stereocenters. The Kier molecular flexibility index (Phi) is 6.41. The van der Waals surface area contributed by atoms with Crippen LogP contribution >= 0.6 is 0 Å². The molecule has 0 spiro atoms. The van der Waals surface area contributed by atoms with Crippen molar-refractivity contribution in [3.8, 4) is 0 Å². The van der Waals surface area contributed by atoms with E-state index in [2.05, 4.69) is 20.0 Å². The Morgan fingerprint density at radius 2 is 1.79 bits per heavy atom. The number of nitrogens with zero attached hydrogens (tertiary/aromatic N) is 4. The number of piperidine rings is 1. The molecule has 2 fully saturated rings. The third-order valence-electron chi connectivity index (χ3n) is 7.31. The summed E-state index contributed by atoms with van der Waals surface area (Å²) in [5, 5.41) is 3.02. The second kappa shape index (κ2) is 9.62. The average Bonchev–Trinajstić information content (AvgIpc) is 2.88. The Hall–Kier alpha value is -3.13. The zero-order chi connectivity index (χ0) is 23.7. The van der Waals surface area contributed by atoms with Crippen LogP contribution < -0.4 is 20.0 Å². The number of para-hydroxylation sites is 1. The summed E-state index contributed by atoms with van der Waals surface area (Å²) in [6, 6.07) is 12.5. The van der Waals surface area contributed by atoms with Crippen LogP contribution in [0.3, 0.4) is 0 Å². The van der Waals surface area contributed by atoms with E-state index in [4.69, 9.17) is 0 Å². The van der Waals surface area contributed by atoms with E-state index in [9.17, 15) is 14.0 Å². The molecule has 2 amide bonds. The van der Waals surface area contributed by atoms with E-state index in [1.165, 1.54) is 6.07 Å². The molecule has 0 radical (unpaired) electrons. The summed E-state index contributed by atoms with van der Waals surface area (Å²) in [5.74, 6) is -0.204. The van der Waals surface area contributed by atoms with Gasteiger partial charge in [0.1, 0.15) is 11.9 Å². The Morgan fingerprint density at radius 1 is 1.00 bits per heavy atom. The summed E-state index contributed by atoms with van der Waals surface area (Å²) in [5.41, 5.74) is 3.07. The lowest BCUT2D eigenvalue weighted by molar-refractivity contribution is -0.120. The van der Waals surface area contributed by atoms with Crippen molar-refractivity contribution in [3.05, 3.63) is 53.8 Å². The van der Waals surface area contributed by atoms with Crippen LogP contribution in [0.4, 0.5) is 21.5 Å². The first-order valence-electron chi connectivity index (χ1n) is 12.2. The molecule has 3 aliphatic rings. The number of carbonyl (C=O) groups is 2. The van der Waals surface area contributed by atoms with Crippen LogP contribution in [0.1, 0.15) is 29.6 Å². The zero-order valence-electron chi connectivity index (χ0n) is 19.7. The van der Waals surface area contributed by atoms with Gasteiger partial charge in [0.25, 0.3) is 5.91 Å². The Bertz CT molecular complexity index is 1070. The molecule has 1 N–H and O–H groups in total. The minimum absolute atomic E-state index is 0.0789. The summed E-state index contributed by atoms with van der Waals surface area (Å²) in [6.45, 7) is 5.34. The highest BCUT2D eigenvalue weighted by atomic mass is 19.1. The normalized spacial score (nSPS) is 20.7. The van der Waals surface area contributed by atoms with Gasteiger partial charge in [0.15, 0.2) is 0 Å². The van der Waals surface area contributed by atoms with Gasteiger partial charge in [-0.1, -0.05) is 12.1 Å². The van der Waals surface area contributed by atoms with E-state index >= 15 is 0 Å². The summed E-state index contributed by atoms with van der Waals surface area (Å²) < 4.78 is 14.0. The average molecular weight is 466 g/mol. The first-order valence-corrected chi connectivity index (χ1v) is 12.2. The van der Waals surface area contributed by atoms with Crippen LogP contribution in [0.5, 0.6) is 0 Å². The topological polar surface area (TPSA) is 59.1 Å². The number of amides is 2. The third-order valence-corrected chi connectivity index (χ3v) is 7.31. The smallest absolute Gasteiger partial charge is 0.251 e. The summed E-state index contributed by atoms with van der Waals surface area (Å²) >= 11 is 0. The molecule has 2 aromatic carbocycles. The molecule has 3 aliphatic heterocycles. The van der Waals surface area contributed by atoms with E-state index in [0.29, 0.717) is 17.8 Å². The number of rotatable bonds is 5. The van der Waals surface area contributed by atoms with Gasteiger partial charge in [0, 0.05) is 58.4 Å². The fourth-order valence-electron chi connectivity index (χ4n) is 5.35. The number of hydrogen-bond donors (Lipinski definition) is 1. The van der Waals surface area contributed by atoms with Gasteiger partial charge in [-0.25, -0.2) is 4.39 Å². The number of likely N-dealkylation sites (N-methyl/N-ethyl adjacent to an activating group) is 1. The van der Waals surface area contributed by atoms with Crippen molar-refractivity contribution in [2.45, 2.75) is 25.3 Å². The minimum atomic E-state index is -0.184. The monoisotopic (exact) mass is 465 g/mol. The van der Waals surface area contributed by atoms with E-state index < -0.39 is 0 Å². The Labute approximate surface area is 200 Å². The largest absolute Gasteiger partial charge is 0.367 e. The number of piperazine rings is 1. The summed E-state index contributed by atoms with van der Waals surface area (Å²) in [6.07, 6.45) is 3.05. The third kappa shape index (κ3) is 4.34. The zero-order valence-corrected chi connectivity index (χ0v) is 19.7. The highest BCUT2D eigenvalue weighted by Gasteiger charge is 2.38. The van der Waals surface area contributed by atoms with Gasteiger partial charge in [-0.3, -0.25) is 14.5 Å². The molecule has 5 rings (SSSR count). The molecule has 0 bridgehead atoms. The molecule has 0 unspecified atom stereocenters. The maximum Gasteiger partial charge on any atom is 0.251 e. The van der Waals surface area contributed by atoms with Crippen molar-refractivity contribution >= 4 is 28.9 Å². The van der Waals surface area contributed by atoms with Gasteiger partial charge in [-0.2, -0.15) is 0 Å². The highest BCUT2D eigenvalue weighted by molar-refractivity contribution is 6.07. The molecule has 180 valence electrons. The molecular weight excluding hydrogens is 433 g/mol. The predicted molar refractivity (Wildman–Crippen MR) is 132 cm³/mol. The number of carbonyl (C=O) groups excluding carboxylic acids is 2. The Morgan fingerprint density at radius 3 is 2.59 bits per heavy atom. The quantitative estimate of drug-likeness (QED) is 0.736. The van der Waals surface area contributed by atoms with Crippen LogP contribution in [0.15, 0.2) is 42.5 Å². The number of benzene rings is 2. The first-order chi connectivity index (χ1) is 16.5. The van der Waals surface area contributed by atoms with Crippen LogP contribution in [0.2, 0.25) is 0 Å². The van der Waals surface area contributed by atoms with Crippen LogP contribution in [0.25, 0.3) is 0 Å². The number of halogens is 1. The fourth-order valence-corrected chi connectivity index (χ4v) is 5.35. The van der Waals surface area contributed by atoms with Gasteiger partial charge in [0.2, 0.25) is 5.91 Å². The SMILES string of the molecule is CN1C(=O)[C@@H]2CCCCN2c2ccc(C(=O)NCCN3CCN(c4ccccc4F)CC3)cc21. The van der Waals surface area contributed by atoms with Gasteiger partial charge >= 0.3 is 0 Å². The van der Waals surface area contributed by atoms with Crippen LogP contribution in [0, 0.1) is 5.82 Å². The number of hydrogen-bond acceptors (Lipinski definition) is 5. The van der Waals surface area contributed by atoms with Crippen molar-refractivity contribution in [2.24, 2.45) is 0 Å². The number of nitrogens with one attached hydrogen (secondary N) is 1. The molecule has 34 heavy (non-hydrogen) atoms. The second-order valence-electron chi connectivity index (χ2n) is 9.34. The molecule has 2 saturated heterocycles. The van der Waals surface area contributed by atoms with Gasteiger partial charge in [-0.05, 0) is 49.6 Å². The Balaban J connectivity index is 1.15. The van der Waals surface area contributed by atoms with Gasteiger partial charge in [0.05, 0.1) is 17.1 Å². The van der Waals surface area contributed by atoms with E-state index in [-0.39, 0.29) is 23.7 Å². The molecule has 0 aromatic heterocycles. The molecule has 3 heterocycles. The fraction of sp³-hybridized carbons (Fsp3) is 0.462. The molecule has 0 aliphatic carbocycles. The van der Waals surface area contributed by atoms with Gasteiger partial charge < -0.3 is 20.0 Å². The van der Waals surface area contributed by atoms with Crippen LogP contribution in [-0.4, -0.2) is 75.6 Å². The van der Waals surface area contributed by atoms with Crippen LogP contribution in [-0.2, 0) is 4.79 Å². The first kappa shape index (κ1) is 22.7. The lowest BCUT2D eigenvalue weighted by atomic mass is 9.96. The summed E-state index contributed by atoms with van der Waals surface area (Å²) in [4.78, 5) is 33.9. The lowest BCUT2D eigenvalue weighted by Crippen LogP contribution is -2.54. The van der Waals surface area contributed by atoms with E-state index in [1.807, 2.05) is 30.3 Å². The van der Waals surface area contributed by atoms with Crippen molar-refractivity contribution in [1.82, 2.24) is 10.2 Å². The molecular formula is C26H32FN5O2. The number of anilines is 3. The standard InChI is InChI=1S/C26H32FN5O2/c1-29-24-18-19(9-10-22(24)32-12-5-4-8-23(32)26(29)34)25(33)28-11-13-30-14-16-31(17-15-30)21-7-3-2-6-20(21)27/h2-3,6-7,9-10,18,23H,4-5,8,11-17H2,1H3,(H,28,33)/t23-/m0/s1. The van der Waals surface area contributed by atoms with E-state index in [0.717, 1.165) is 69.9 Å². The molecule has 0 saturated carbocycles. The van der Waals surface area contributed by atoms with Crippen molar-refractivity contribution < 1.29 is 14.0 Å². The molecule has 2 aromatic rings. The maximum absolute atomic E-state index is 14.0. The summed E-state index contributed by atoms with van der Waals surface area (Å²) in [7, 11) is 1.80. The predicted octanol–water partition coefficient (Wildman–Crippen LogP) is 2.71. The van der Waals surface area contributed by atoms with Crippen molar-refractivity contribution in [1.29, 1.82) is 0 Å². The molecule has 8 heteroatoms.